The third-order valence-corrected chi connectivity index (χ3v) is 1.53. The summed E-state index contributed by atoms with van der Waals surface area (Å²) in [6.07, 6.45) is 1.01. The molecule has 0 aromatic carbocycles. The summed E-state index contributed by atoms with van der Waals surface area (Å²) < 4.78 is 0. The maximum absolute atomic E-state index is 3.98. The van der Waals surface area contributed by atoms with Gasteiger partial charge in [0.25, 0.3) is 0 Å². The second-order valence-corrected chi connectivity index (χ2v) is 2.14. The summed E-state index contributed by atoms with van der Waals surface area (Å²) in [5.41, 5.74) is 2.19. The van der Waals surface area contributed by atoms with Gasteiger partial charge < -0.3 is 5.32 Å². The van der Waals surface area contributed by atoms with E-state index < -0.39 is 0 Å². The van der Waals surface area contributed by atoms with Crippen molar-refractivity contribution >= 4 is 12.4 Å². The molecule has 5 heteroatoms. The summed E-state index contributed by atoms with van der Waals surface area (Å²) in [5, 5.41) is 13.7. The molecule has 0 saturated carbocycles. The number of hydrogen-bond donors (Lipinski definition) is 2. The first kappa shape index (κ1) is 7.50. The van der Waals surface area contributed by atoms with Crippen molar-refractivity contribution < 1.29 is 0 Å². The van der Waals surface area contributed by atoms with Crippen LogP contribution in [0.3, 0.4) is 0 Å². The van der Waals surface area contributed by atoms with E-state index in [9.17, 15) is 0 Å². The average molecular weight is 161 g/mol. The van der Waals surface area contributed by atoms with Crippen molar-refractivity contribution in [1.29, 1.82) is 0 Å². The average Bonchev–Trinajstić information content (AvgIpc) is 2.33. The van der Waals surface area contributed by atoms with Crippen LogP contribution in [0.5, 0.6) is 0 Å². The van der Waals surface area contributed by atoms with Gasteiger partial charge in [0.15, 0.2) is 0 Å². The Bertz CT molecular complexity index is 189. The van der Waals surface area contributed by atoms with Crippen molar-refractivity contribution in [1.82, 2.24) is 20.7 Å². The SMILES string of the molecule is C1Cc2n[nH]nc2CN1.Cl. The number of hydrogen-bond acceptors (Lipinski definition) is 3. The predicted molar refractivity (Wildman–Crippen MR) is 39.0 cm³/mol. The Hall–Kier alpha value is -0.610. The van der Waals surface area contributed by atoms with Crippen molar-refractivity contribution in [2.75, 3.05) is 6.54 Å². The summed E-state index contributed by atoms with van der Waals surface area (Å²) in [4.78, 5) is 0. The first-order valence-corrected chi connectivity index (χ1v) is 3.06. The molecule has 10 heavy (non-hydrogen) atoms. The number of fused-ring (bicyclic) bond motifs is 1. The molecular weight excluding hydrogens is 152 g/mol. The van der Waals surface area contributed by atoms with Crippen LogP contribution in [0.4, 0.5) is 0 Å². The molecule has 56 valence electrons. The van der Waals surface area contributed by atoms with Crippen LogP contribution in [0.2, 0.25) is 0 Å². The fourth-order valence-electron chi connectivity index (χ4n) is 1.03. The molecular formula is C5H9ClN4. The van der Waals surface area contributed by atoms with Crippen molar-refractivity contribution in [3.63, 3.8) is 0 Å². The first-order chi connectivity index (χ1) is 4.47. The molecule has 4 nitrogen and oxygen atoms in total. The van der Waals surface area contributed by atoms with Gasteiger partial charge in [0, 0.05) is 19.5 Å². The van der Waals surface area contributed by atoms with E-state index in [1.165, 1.54) is 0 Å². The number of H-pyrrole nitrogens is 1. The Balaban J connectivity index is 0.000000500. The third-order valence-electron chi connectivity index (χ3n) is 1.53. The number of aromatic amines is 1. The van der Waals surface area contributed by atoms with Gasteiger partial charge in [-0.15, -0.1) is 12.4 Å². The normalized spacial score (nSPS) is 15.6. The van der Waals surface area contributed by atoms with Gasteiger partial charge in [-0.2, -0.15) is 15.4 Å². The zero-order valence-corrected chi connectivity index (χ0v) is 6.24. The maximum Gasteiger partial charge on any atom is 0.0994 e. The zero-order valence-electron chi connectivity index (χ0n) is 5.42. The first-order valence-electron chi connectivity index (χ1n) is 3.06. The highest BCUT2D eigenvalue weighted by molar-refractivity contribution is 5.85. The Labute approximate surface area is 64.8 Å². The quantitative estimate of drug-likeness (QED) is 0.556. The van der Waals surface area contributed by atoms with Crippen LogP contribution in [0, 0.1) is 0 Å². The molecule has 2 N–H and O–H groups in total. The lowest BCUT2D eigenvalue weighted by Crippen LogP contribution is -2.23. The molecule has 0 fully saturated rings. The van der Waals surface area contributed by atoms with Crippen LogP contribution in [0.15, 0.2) is 0 Å². The lowest BCUT2D eigenvalue weighted by molar-refractivity contribution is 0.627. The Morgan fingerprint density at radius 2 is 2.00 bits per heavy atom. The van der Waals surface area contributed by atoms with Crippen molar-refractivity contribution in [3.8, 4) is 0 Å². The summed E-state index contributed by atoms with van der Waals surface area (Å²) in [5.74, 6) is 0. The highest BCUT2D eigenvalue weighted by Gasteiger charge is 2.10. The fraction of sp³-hybridized carbons (Fsp3) is 0.600. The molecule has 1 aromatic rings. The molecule has 1 aromatic heterocycles. The lowest BCUT2D eigenvalue weighted by atomic mass is 10.2. The Morgan fingerprint density at radius 3 is 2.80 bits per heavy atom. The highest BCUT2D eigenvalue weighted by Crippen LogP contribution is 2.04. The van der Waals surface area contributed by atoms with Gasteiger partial charge in [0.1, 0.15) is 0 Å². The van der Waals surface area contributed by atoms with Gasteiger partial charge in [-0.3, -0.25) is 0 Å². The van der Waals surface area contributed by atoms with Gasteiger partial charge in [-0.1, -0.05) is 0 Å². The molecule has 0 unspecified atom stereocenters. The third kappa shape index (κ3) is 1.12. The summed E-state index contributed by atoms with van der Waals surface area (Å²) >= 11 is 0. The van der Waals surface area contributed by atoms with Crippen LogP contribution in [0.1, 0.15) is 11.4 Å². The van der Waals surface area contributed by atoms with Gasteiger partial charge in [0.2, 0.25) is 0 Å². The van der Waals surface area contributed by atoms with E-state index >= 15 is 0 Å². The van der Waals surface area contributed by atoms with Crippen LogP contribution < -0.4 is 5.32 Å². The molecule has 0 amide bonds. The van der Waals surface area contributed by atoms with Crippen molar-refractivity contribution in [2.24, 2.45) is 0 Å². The molecule has 1 aliphatic heterocycles. The predicted octanol–water partition coefficient (Wildman–Crippen LogP) is -0.128. The standard InChI is InChI=1S/C5H8N4.ClH/c1-2-6-3-5-4(1)7-9-8-5;/h6H,1-3H2,(H,7,8,9);1H. The molecule has 0 saturated heterocycles. The van der Waals surface area contributed by atoms with E-state index in [-0.39, 0.29) is 12.4 Å². The van der Waals surface area contributed by atoms with Gasteiger partial charge in [-0.05, 0) is 0 Å². The topological polar surface area (TPSA) is 53.6 Å². The smallest absolute Gasteiger partial charge is 0.0994 e. The second-order valence-electron chi connectivity index (χ2n) is 2.14. The minimum atomic E-state index is 0. The number of nitrogens with zero attached hydrogens (tertiary/aromatic N) is 2. The number of rotatable bonds is 0. The van der Waals surface area contributed by atoms with E-state index in [1.807, 2.05) is 0 Å². The molecule has 2 rings (SSSR count). The van der Waals surface area contributed by atoms with Crippen molar-refractivity contribution in [2.45, 2.75) is 13.0 Å². The number of aromatic nitrogens is 3. The molecule has 0 aliphatic carbocycles. The number of nitrogens with one attached hydrogen (secondary N) is 2. The van der Waals surface area contributed by atoms with Crippen LogP contribution >= 0.6 is 12.4 Å². The molecule has 0 atom stereocenters. The number of halogens is 1. The molecule has 1 aliphatic rings. The monoisotopic (exact) mass is 160 g/mol. The van der Waals surface area contributed by atoms with Crippen LogP contribution in [0.25, 0.3) is 0 Å². The maximum atomic E-state index is 3.98. The lowest BCUT2D eigenvalue weighted by Gasteiger charge is -2.07. The van der Waals surface area contributed by atoms with Gasteiger partial charge >= 0.3 is 0 Å². The second kappa shape index (κ2) is 2.98. The van der Waals surface area contributed by atoms with Crippen molar-refractivity contribution in [3.05, 3.63) is 11.4 Å². The zero-order chi connectivity index (χ0) is 6.10. The minimum Gasteiger partial charge on any atom is -0.311 e. The Morgan fingerprint density at radius 1 is 1.20 bits per heavy atom. The molecule has 0 radical (unpaired) electrons. The molecule has 0 spiro atoms. The largest absolute Gasteiger partial charge is 0.311 e. The summed E-state index contributed by atoms with van der Waals surface area (Å²) in [6, 6.07) is 0. The minimum absolute atomic E-state index is 0. The molecule has 0 bridgehead atoms. The van der Waals surface area contributed by atoms with E-state index in [1.54, 1.807) is 0 Å². The van der Waals surface area contributed by atoms with Gasteiger partial charge in [0.05, 0.1) is 11.4 Å². The highest BCUT2D eigenvalue weighted by atomic mass is 35.5. The summed E-state index contributed by atoms with van der Waals surface area (Å²) in [7, 11) is 0. The van der Waals surface area contributed by atoms with E-state index in [0.717, 1.165) is 30.9 Å². The van der Waals surface area contributed by atoms with Crippen LogP contribution in [-0.4, -0.2) is 22.0 Å². The summed E-state index contributed by atoms with van der Waals surface area (Å²) in [6.45, 7) is 1.89. The van der Waals surface area contributed by atoms with E-state index in [2.05, 4.69) is 20.7 Å². The molecule has 2 heterocycles. The van der Waals surface area contributed by atoms with Crippen LogP contribution in [-0.2, 0) is 13.0 Å². The Kier molecular flexibility index (Phi) is 2.24. The fourth-order valence-corrected chi connectivity index (χ4v) is 1.03. The van der Waals surface area contributed by atoms with E-state index in [4.69, 9.17) is 0 Å². The van der Waals surface area contributed by atoms with Gasteiger partial charge in [-0.25, -0.2) is 0 Å². The van der Waals surface area contributed by atoms with E-state index in [0.29, 0.717) is 0 Å².